The number of aromatic amines is 1. The van der Waals surface area contributed by atoms with E-state index < -0.39 is 0 Å². The Hall–Kier alpha value is -4.13. The lowest BCUT2D eigenvalue weighted by Gasteiger charge is -2.28. The summed E-state index contributed by atoms with van der Waals surface area (Å²) >= 11 is 0. The summed E-state index contributed by atoms with van der Waals surface area (Å²) in [6.45, 7) is 5.70. The molecule has 3 aromatic carbocycles. The minimum absolute atomic E-state index is 0.0369. The molecule has 2 amide bonds. The Morgan fingerprint density at radius 2 is 1.52 bits per heavy atom. The average molecular weight is 544 g/mol. The van der Waals surface area contributed by atoms with E-state index in [1.807, 2.05) is 67.4 Å². The first-order valence-corrected chi connectivity index (χ1v) is 14.0. The molecule has 0 atom stereocenters. The van der Waals surface area contributed by atoms with Crippen LogP contribution in [0.3, 0.4) is 0 Å². The lowest BCUT2D eigenvalue weighted by molar-refractivity contribution is -0.141. The van der Waals surface area contributed by atoms with Gasteiger partial charge in [0, 0.05) is 43.2 Å². The molecule has 4 rings (SSSR count). The zero-order valence-electron chi connectivity index (χ0n) is 23.4. The highest BCUT2D eigenvalue weighted by Gasteiger charge is 2.22. The van der Waals surface area contributed by atoms with Crippen molar-refractivity contribution in [2.45, 2.75) is 52.6 Å². The standard InChI is InChI=1S/C33H38FN3O3/c1-3-5-10-32(38)37(23-25-11-15-28(34)16-12-25)24-33(39)36(22-26-13-17-29(18-14-26)40-4-2)20-19-27-21-35-31-9-7-6-8-30(27)31/h6-9,11-18,21,35H,3-5,10,19-20,22-24H2,1-2H3. The summed E-state index contributed by atoms with van der Waals surface area (Å²) in [6.07, 6.45) is 4.69. The fourth-order valence-corrected chi connectivity index (χ4v) is 4.76. The Morgan fingerprint density at radius 3 is 2.23 bits per heavy atom. The number of amides is 2. The number of H-pyrrole nitrogens is 1. The van der Waals surface area contributed by atoms with Crippen LogP contribution >= 0.6 is 0 Å². The van der Waals surface area contributed by atoms with Crippen molar-refractivity contribution < 1.29 is 18.7 Å². The molecule has 40 heavy (non-hydrogen) atoms. The molecular formula is C33H38FN3O3. The lowest BCUT2D eigenvalue weighted by Crippen LogP contribution is -2.43. The monoisotopic (exact) mass is 543 g/mol. The van der Waals surface area contributed by atoms with E-state index in [0.29, 0.717) is 32.5 Å². The maximum Gasteiger partial charge on any atom is 0.242 e. The minimum Gasteiger partial charge on any atom is -0.494 e. The van der Waals surface area contributed by atoms with Gasteiger partial charge in [-0.25, -0.2) is 4.39 Å². The van der Waals surface area contributed by atoms with Crippen molar-refractivity contribution in [1.82, 2.24) is 14.8 Å². The molecular weight excluding hydrogens is 505 g/mol. The number of hydrogen-bond donors (Lipinski definition) is 1. The number of unbranched alkanes of at least 4 members (excludes halogenated alkanes) is 1. The second-order valence-corrected chi connectivity index (χ2v) is 9.98. The van der Waals surface area contributed by atoms with E-state index in [4.69, 9.17) is 4.74 Å². The van der Waals surface area contributed by atoms with Crippen molar-refractivity contribution in [1.29, 1.82) is 0 Å². The number of carbonyl (C=O) groups is 2. The molecule has 4 aromatic rings. The van der Waals surface area contributed by atoms with Gasteiger partial charge in [0.05, 0.1) is 6.61 Å². The first-order valence-electron chi connectivity index (χ1n) is 14.0. The normalized spacial score (nSPS) is 11.0. The third-order valence-corrected chi connectivity index (χ3v) is 7.00. The predicted molar refractivity (Wildman–Crippen MR) is 156 cm³/mol. The van der Waals surface area contributed by atoms with Crippen LogP contribution in [0.4, 0.5) is 4.39 Å². The van der Waals surface area contributed by atoms with Gasteiger partial charge in [-0.3, -0.25) is 9.59 Å². The van der Waals surface area contributed by atoms with Crippen LogP contribution in [0.2, 0.25) is 0 Å². The van der Waals surface area contributed by atoms with E-state index in [1.54, 1.807) is 17.0 Å². The van der Waals surface area contributed by atoms with Gasteiger partial charge in [0.2, 0.25) is 11.8 Å². The maximum absolute atomic E-state index is 13.8. The summed E-state index contributed by atoms with van der Waals surface area (Å²) < 4.78 is 19.1. The van der Waals surface area contributed by atoms with E-state index in [1.165, 1.54) is 12.1 Å². The molecule has 6 nitrogen and oxygen atoms in total. The highest BCUT2D eigenvalue weighted by Crippen LogP contribution is 2.20. The molecule has 0 aliphatic heterocycles. The summed E-state index contributed by atoms with van der Waals surface area (Å²) in [5.74, 6) is 0.260. The molecule has 0 unspecified atom stereocenters. The van der Waals surface area contributed by atoms with Gasteiger partial charge in [0.15, 0.2) is 0 Å². The van der Waals surface area contributed by atoms with Crippen LogP contribution in [0.25, 0.3) is 10.9 Å². The van der Waals surface area contributed by atoms with E-state index in [-0.39, 0.29) is 30.7 Å². The molecule has 1 aromatic heterocycles. The summed E-state index contributed by atoms with van der Waals surface area (Å²) in [5.41, 5.74) is 3.98. The molecule has 210 valence electrons. The number of fused-ring (bicyclic) bond motifs is 1. The van der Waals surface area contributed by atoms with E-state index in [9.17, 15) is 14.0 Å². The van der Waals surface area contributed by atoms with Gasteiger partial charge in [-0.2, -0.15) is 0 Å². The number of nitrogens with one attached hydrogen (secondary N) is 1. The van der Waals surface area contributed by atoms with Crippen LogP contribution in [0.15, 0.2) is 79.0 Å². The topological polar surface area (TPSA) is 65.6 Å². The predicted octanol–water partition coefficient (Wildman–Crippen LogP) is 6.50. The number of carbonyl (C=O) groups excluding carboxylic acids is 2. The zero-order chi connectivity index (χ0) is 28.3. The Morgan fingerprint density at radius 1 is 0.850 bits per heavy atom. The third-order valence-electron chi connectivity index (χ3n) is 7.00. The summed E-state index contributed by atoms with van der Waals surface area (Å²) in [5, 5.41) is 1.14. The number of para-hydroxylation sites is 1. The van der Waals surface area contributed by atoms with Gasteiger partial charge in [-0.05, 0) is 66.8 Å². The summed E-state index contributed by atoms with van der Waals surface area (Å²) in [4.78, 5) is 33.7. The summed E-state index contributed by atoms with van der Waals surface area (Å²) in [7, 11) is 0. The Labute approximate surface area is 235 Å². The van der Waals surface area contributed by atoms with Crippen LogP contribution in [0, 0.1) is 5.82 Å². The Kier molecular flexibility index (Phi) is 10.3. The third kappa shape index (κ3) is 7.94. The summed E-state index contributed by atoms with van der Waals surface area (Å²) in [6, 6.07) is 22.0. The number of ether oxygens (including phenoxy) is 1. The molecule has 0 saturated carbocycles. The largest absolute Gasteiger partial charge is 0.494 e. The van der Waals surface area contributed by atoms with Crippen molar-refractivity contribution in [3.05, 3.63) is 102 Å². The SMILES string of the molecule is CCCCC(=O)N(CC(=O)N(CCc1c[nH]c2ccccc12)Cc1ccc(OCC)cc1)Cc1ccc(F)cc1. The van der Waals surface area contributed by atoms with Gasteiger partial charge in [-0.1, -0.05) is 55.8 Å². The number of hydrogen-bond acceptors (Lipinski definition) is 3. The lowest BCUT2D eigenvalue weighted by atomic mass is 10.1. The smallest absolute Gasteiger partial charge is 0.242 e. The van der Waals surface area contributed by atoms with Crippen LogP contribution in [-0.2, 0) is 29.1 Å². The van der Waals surface area contributed by atoms with Gasteiger partial charge in [0.25, 0.3) is 0 Å². The number of rotatable bonds is 14. The van der Waals surface area contributed by atoms with E-state index in [2.05, 4.69) is 11.1 Å². The second kappa shape index (κ2) is 14.3. The highest BCUT2D eigenvalue weighted by molar-refractivity contribution is 5.85. The molecule has 0 fully saturated rings. The molecule has 0 saturated heterocycles. The highest BCUT2D eigenvalue weighted by atomic mass is 19.1. The Bertz CT molecular complexity index is 1380. The van der Waals surface area contributed by atoms with Crippen molar-refractivity contribution in [3.63, 3.8) is 0 Å². The number of aromatic nitrogens is 1. The fourth-order valence-electron chi connectivity index (χ4n) is 4.76. The quantitative estimate of drug-likeness (QED) is 0.198. The van der Waals surface area contributed by atoms with Gasteiger partial charge < -0.3 is 19.5 Å². The number of halogens is 1. The molecule has 1 heterocycles. The molecule has 0 spiro atoms. The first-order chi connectivity index (χ1) is 19.5. The number of nitrogens with zero attached hydrogens (tertiary/aromatic N) is 2. The first kappa shape index (κ1) is 28.9. The van der Waals surface area contributed by atoms with E-state index in [0.717, 1.165) is 46.2 Å². The van der Waals surface area contributed by atoms with Gasteiger partial charge in [-0.15, -0.1) is 0 Å². The molecule has 7 heteroatoms. The maximum atomic E-state index is 13.8. The molecule has 0 radical (unpaired) electrons. The zero-order valence-corrected chi connectivity index (χ0v) is 23.4. The van der Waals surface area contributed by atoms with Crippen LogP contribution in [0.1, 0.15) is 49.8 Å². The van der Waals surface area contributed by atoms with Crippen molar-refractivity contribution in [3.8, 4) is 5.75 Å². The van der Waals surface area contributed by atoms with Gasteiger partial charge in [0.1, 0.15) is 18.1 Å². The number of benzene rings is 3. The fraction of sp³-hybridized carbons (Fsp3) is 0.333. The molecule has 0 aliphatic carbocycles. The van der Waals surface area contributed by atoms with Crippen molar-refractivity contribution >= 4 is 22.7 Å². The minimum atomic E-state index is -0.331. The average Bonchev–Trinajstić information content (AvgIpc) is 3.38. The van der Waals surface area contributed by atoms with E-state index >= 15 is 0 Å². The van der Waals surface area contributed by atoms with Gasteiger partial charge >= 0.3 is 0 Å². The molecule has 0 aliphatic rings. The molecule has 0 bridgehead atoms. The Balaban J connectivity index is 1.53. The van der Waals surface area contributed by atoms with Crippen LogP contribution in [0.5, 0.6) is 5.75 Å². The van der Waals surface area contributed by atoms with Crippen molar-refractivity contribution in [2.24, 2.45) is 0 Å². The van der Waals surface area contributed by atoms with Crippen LogP contribution < -0.4 is 4.74 Å². The van der Waals surface area contributed by atoms with Crippen molar-refractivity contribution in [2.75, 3.05) is 19.7 Å². The molecule has 1 N–H and O–H groups in total. The van der Waals surface area contributed by atoms with Crippen LogP contribution in [-0.4, -0.2) is 46.3 Å². The second-order valence-electron chi connectivity index (χ2n) is 9.98.